The van der Waals surface area contributed by atoms with E-state index in [1.54, 1.807) is 30.5 Å². The van der Waals surface area contributed by atoms with Gasteiger partial charge in [-0.1, -0.05) is 42.5 Å². The van der Waals surface area contributed by atoms with E-state index in [4.69, 9.17) is 10.5 Å². The van der Waals surface area contributed by atoms with Crippen LogP contribution in [-0.2, 0) is 17.8 Å². The van der Waals surface area contributed by atoms with Crippen molar-refractivity contribution in [3.05, 3.63) is 101 Å². The molecule has 1 aliphatic heterocycles. The molecule has 2 amide bonds. The molecule has 36 heavy (non-hydrogen) atoms. The molecule has 7 heteroatoms. The molecule has 0 aromatic heterocycles. The number of ether oxygens (including phenoxy) is 1. The van der Waals surface area contributed by atoms with Gasteiger partial charge in [0.1, 0.15) is 5.75 Å². The van der Waals surface area contributed by atoms with Gasteiger partial charge in [0.05, 0.1) is 6.21 Å². The third kappa shape index (κ3) is 7.78. The van der Waals surface area contributed by atoms with E-state index in [1.807, 2.05) is 24.3 Å². The molecule has 3 N–H and O–H groups in total. The number of nitrogens with one attached hydrogen (secondary N) is 1. The first-order valence-corrected chi connectivity index (χ1v) is 12.2. The monoisotopic (exact) mass is 484 g/mol. The Kier molecular flexibility index (Phi) is 8.83. The van der Waals surface area contributed by atoms with Crippen molar-refractivity contribution in [3.8, 4) is 5.75 Å². The van der Waals surface area contributed by atoms with Crippen LogP contribution in [-0.4, -0.2) is 42.6 Å². The van der Waals surface area contributed by atoms with Crippen LogP contribution in [0, 0.1) is 5.92 Å². The number of carbonyl (C=O) groups is 2. The van der Waals surface area contributed by atoms with Crippen LogP contribution in [0.4, 0.5) is 0 Å². The Hall–Kier alpha value is -3.97. The van der Waals surface area contributed by atoms with E-state index >= 15 is 0 Å². The molecule has 0 spiro atoms. The van der Waals surface area contributed by atoms with Gasteiger partial charge in [0.25, 0.3) is 11.8 Å². The van der Waals surface area contributed by atoms with E-state index in [9.17, 15) is 9.59 Å². The van der Waals surface area contributed by atoms with Crippen LogP contribution < -0.4 is 15.9 Å². The fraction of sp³-hybridized carbons (Fsp3) is 0.276. The molecule has 4 rings (SSSR count). The van der Waals surface area contributed by atoms with Crippen molar-refractivity contribution in [1.29, 1.82) is 0 Å². The number of nitrogens with two attached hydrogens (primary N) is 1. The fourth-order valence-electron chi connectivity index (χ4n) is 4.35. The maximum absolute atomic E-state index is 12.4. The van der Waals surface area contributed by atoms with Crippen LogP contribution in [0.3, 0.4) is 0 Å². The summed E-state index contributed by atoms with van der Waals surface area (Å²) in [7, 11) is 0. The summed E-state index contributed by atoms with van der Waals surface area (Å²) in [5.74, 6) is 0.492. The molecule has 0 aliphatic carbocycles. The molecule has 3 aromatic rings. The highest BCUT2D eigenvalue weighted by molar-refractivity contribution is 5.94. The maximum atomic E-state index is 12.4. The number of hydrogen-bond donors (Lipinski definition) is 2. The van der Waals surface area contributed by atoms with E-state index in [1.165, 1.54) is 24.0 Å². The van der Waals surface area contributed by atoms with Crippen molar-refractivity contribution >= 4 is 18.0 Å². The average Bonchev–Trinajstić information content (AvgIpc) is 2.90. The molecule has 1 aliphatic rings. The van der Waals surface area contributed by atoms with Gasteiger partial charge in [0, 0.05) is 12.1 Å². The van der Waals surface area contributed by atoms with Gasteiger partial charge >= 0.3 is 0 Å². The van der Waals surface area contributed by atoms with Crippen LogP contribution in [0.2, 0.25) is 0 Å². The number of hydrogen-bond acceptors (Lipinski definition) is 5. The zero-order chi connectivity index (χ0) is 25.2. The summed E-state index contributed by atoms with van der Waals surface area (Å²) in [5, 5.41) is 4.03. The molecule has 0 radical (unpaired) electrons. The lowest BCUT2D eigenvalue weighted by molar-refractivity contribution is -0.119. The number of piperidine rings is 1. The van der Waals surface area contributed by atoms with Gasteiger partial charge in [0.15, 0.2) is 6.61 Å². The Morgan fingerprint density at radius 1 is 0.944 bits per heavy atom. The largest absolute Gasteiger partial charge is 0.484 e. The summed E-state index contributed by atoms with van der Waals surface area (Å²) in [5.41, 5.74) is 11.6. The quantitative estimate of drug-likeness (QED) is 0.338. The Morgan fingerprint density at radius 2 is 1.64 bits per heavy atom. The number of nitrogens with zero attached hydrogens (tertiary/aromatic N) is 2. The van der Waals surface area contributed by atoms with E-state index in [-0.39, 0.29) is 12.5 Å². The Bertz CT molecular complexity index is 1150. The van der Waals surface area contributed by atoms with Crippen molar-refractivity contribution in [1.82, 2.24) is 10.3 Å². The predicted octanol–water partition coefficient (Wildman–Crippen LogP) is 3.77. The van der Waals surface area contributed by atoms with Crippen molar-refractivity contribution in [2.45, 2.75) is 25.8 Å². The minimum absolute atomic E-state index is 0.171. The zero-order valence-electron chi connectivity index (χ0n) is 20.3. The highest BCUT2D eigenvalue weighted by atomic mass is 16.5. The van der Waals surface area contributed by atoms with Crippen LogP contribution >= 0.6 is 0 Å². The van der Waals surface area contributed by atoms with Gasteiger partial charge in [-0.15, -0.1) is 0 Å². The highest BCUT2D eigenvalue weighted by Gasteiger charge is 2.19. The molecule has 186 valence electrons. The second-order valence-electron chi connectivity index (χ2n) is 9.13. The Labute approximate surface area is 212 Å². The standard InChI is InChI=1S/C29H32N4O3/c30-28(34)21-36-27-12-8-24(9-13-27)19-31-32-29(35)26-10-6-25(7-11-26)20-33-16-14-23(15-17-33)18-22-4-2-1-3-5-22/h1-13,19,23H,14-18,20-21H2,(H2,30,34)(H,32,35)/b31-19+. The summed E-state index contributed by atoms with van der Waals surface area (Å²) in [6.07, 6.45) is 5.15. The Balaban J connectivity index is 1.19. The van der Waals surface area contributed by atoms with Crippen LogP contribution in [0.5, 0.6) is 5.75 Å². The molecule has 1 fully saturated rings. The minimum atomic E-state index is -0.532. The van der Waals surface area contributed by atoms with Gasteiger partial charge in [-0.2, -0.15) is 5.10 Å². The molecule has 0 saturated carbocycles. The van der Waals surface area contributed by atoms with Gasteiger partial charge in [-0.25, -0.2) is 5.43 Å². The number of rotatable bonds is 10. The summed E-state index contributed by atoms with van der Waals surface area (Å²) in [6.45, 7) is 2.94. The average molecular weight is 485 g/mol. The topological polar surface area (TPSA) is 97.0 Å². The van der Waals surface area contributed by atoms with Gasteiger partial charge in [-0.05, 0) is 91.4 Å². The van der Waals surface area contributed by atoms with E-state index in [2.05, 4.69) is 45.8 Å². The Morgan fingerprint density at radius 3 is 2.31 bits per heavy atom. The molecule has 0 atom stereocenters. The SMILES string of the molecule is NC(=O)COc1ccc(/C=N/NC(=O)c2ccc(CN3CCC(Cc4ccccc4)CC3)cc2)cc1. The molecule has 1 heterocycles. The summed E-state index contributed by atoms with van der Waals surface area (Å²) < 4.78 is 5.22. The lowest BCUT2D eigenvalue weighted by Gasteiger charge is -2.32. The molecular formula is C29H32N4O3. The lowest BCUT2D eigenvalue weighted by atomic mass is 9.90. The molecule has 3 aromatic carbocycles. The van der Waals surface area contributed by atoms with Gasteiger partial charge < -0.3 is 10.5 Å². The molecular weight excluding hydrogens is 452 g/mol. The summed E-state index contributed by atoms with van der Waals surface area (Å²) >= 11 is 0. The normalized spacial score (nSPS) is 14.6. The highest BCUT2D eigenvalue weighted by Crippen LogP contribution is 2.23. The van der Waals surface area contributed by atoms with Crippen LogP contribution in [0.1, 0.15) is 39.9 Å². The first-order chi connectivity index (χ1) is 17.5. The zero-order valence-corrected chi connectivity index (χ0v) is 20.3. The number of carbonyl (C=O) groups excluding carboxylic acids is 2. The van der Waals surface area contributed by atoms with Gasteiger partial charge in [-0.3, -0.25) is 14.5 Å². The van der Waals surface area contributed by atoms with Crippen LogP contribution in [0.15, 0.2) is 84.0 Å². The lowest BCUT2D eigenvalue weighted by Crippen LogP contribution is -2.33. The summed E-state index contributed by atoms with van der Waals surface area (Å²) in [6, 6.07) is 25.4. The third-order valence-corrected chi connectivity index (χ3v) is 6.34. The van der Waals surface area contributed by atoms with Crippen LogP contribution in [0.25, 0.3) is 0 Å². The van der Waals surface area contributed by atoms with E-state index in [0.29, 0.717) is 11.3 Å². The number of primary amides is 1. The second-order valence-corrected chi connectivity index (χ2v) is 9.13. The number of hydrazone groups is 1. The fourth-order valence-corrected chi connectivity index (χ4v) is 4.35. The van der Waals surface area contributed by atoms with E-state index in [0.717, 1.165) is 37.5 Å². The molecule has 0 unspecified atom stereocenters. The number of benzene rings is 3. The first-order valence-electron chi connectivity index (χ1n) is 12.2. The van der Waals surface area contributed by atoms with E-state index < -0.39 is 5.91 Å². The third-order valence-electron chi connectivity index (χ3n) is 6.34. The van der Waals surface area contributed by atoms with Crippen molar-refractivity contribution in [3.63, 3.8) is 0 Å². The number of likely N-dealkylation sites (tertiary alicyclic amines) is 1. The second kappa shape index (κ2) is 12.7. The minimum Gasteiger partial charge on any atom is -0.484 e. The molecule has 1 saturated heterocycles. The van der Waals surface area contributed by atoms with Crippen molar-refractivity contribution in [2.24, 2.45) is 16.8 Å². The van der Waals surface area contributed by atoms with Gasteiger partial charge in [0.2, 0.25) is 0 Å². The van der Waals surface area contributed by atoms with Crippen molar-refractivity contribution < 1.29 is 14.3 Å². The smallest absolute Gasteiger partial charge is 0.271 e. The predicted molar refractivity (Wildman–Crippen MR) is 141 cm³/mol. The molecule has 0 bridgehead atoms. The maximum Gasteiger partial charge on any atom is 0.271 e. The molecule has 7 nitrogen and oxygen atoms in total. The summed E-state index contributed by atoms with van der Waals surface area (Å²) in [4.78, 5) is 25.7. The number of amides is 2. The first kappa shape index (κ1) is 25.1. The van der Waals surface area contributed by atoms with Crippen molar-refractivity contribution in [2.75, 3.05) is 19.7 Å².